The molecule has 8 rings (SSSR count). The standard InChI is InChI=1S/C53H59N5O13S/c1-5-28-68-53-48(57(2)72(64,65)47-16-10-13-35-14-11-25-54-51(35)47)32-44(56-69-33-34-17-19-37(20-18-34)58(62)63)41-29-36(12-6-8-26-59)40(15-7-9-27-60)49(50(41)53)42-30-39(22-24-45(42)71-53)70-52(61)55-43-23-21-38(66-3)31-46(43)67-4/h5,10-11,13-14,16-25,29-31,36,40,48-50,59-60H,1,6-9,12,15,26-28,32-33H2,2-4H3,(H,55,61)/t36-,40+,48-,49+,50+,53+/m0/s1. The molecule has 2 aliphatic carbocycles. The Balaban J connectivity index is 1.30. The van der Waals surface area contributed by atoms with Crippen LogP contribution >= 0.6 is 0 Å². The van der Waals surface area contributed by atoms with Gasteiger partial charge in [-0.15, -0.1) is 6.58 Å². The number of anilines is 1. The lowest BCUT2D eigenvalue weighted by atomic mass is 9.55. The van der Waals surface area contributed by atoms with E-state index < -0.39 is 44.7 Å². The van der Waals surface area contributed by atoms with Crippen molar-refractivity contribution in [2.75, 3.05) is 46.4 Å². The number of hydrogen-bond donors (Lipinski definition) is 3. The second-order valence-corrected chi connectivity index (χ2v) is 19.9. The number of pyridine rings is 1. The second kappa shape index (κ2) is 22.7. The Morgan fingerprint density at radius 3 is 2.46 bits per heavy atom. The molecule has 3 N–H and O–H groups in total. The number of unbranched alkanes of at least 4 members (excludes halogenated alkanes) is 2. The average Bonchev–Trinajstić information content (AvgIpc) is 3.39. The lowest BCUT2D eigenvalue weighted by Gasteiger charge is -2.59. The normalized spacial score (nSPS) is 21.7. The maximum Gasteiger partial charge on any atom is 0.417 e. The van der Waals surface area contributed by atoms with Gasteiger partial charge in [-0.2, -0.15) is 4.31 Å². The van der Waals surface area contributed by atoms with Gasteiger partial charge in [0.15, 0.2) is 0 Å². The summed E-state index contributed by atoms with van der Waals surface area (Å²) >= 11 is 0. The minimum absolute atomic E-state index is 0.00274. The number of nitro benzene ring substituents is 1. The van der Waals surface area contributed by atoms with Gasteiger partial charge in [-0.25, -0.2) is 13.2 Å². The van der Waals surface area contributed by atoms with E-state index in [0.29, 0.717) is 89.3 Å². The van der Waals surface area contributed by atoms with E-state index in [2.05, 4.69) is 23.0 Å². The number of nitro groups is 1. The highest BCUT2D eigenvalue weighted by Crippen LogP contribution is 2.62. The number of benzene rings is 4. The monoisotopic (exact) mass is 1010 g/mol. The van der Waals surface area contributed by atoms with E-state index in [1.54, 1.807) is 85.1 Å². The highest BCUT2D eigenvalue weighted by molar-refractivity contribution is 7.89. The molecule has 0 spiro atoms. The molecule has 5 aromatic rings. The molecular weight excluding hydrogens is 947 g/mol. The van der Waals surface area contributed by atoms with Crippen molar-refractivity contribution in [2.24, 2.45) is 22.9 Å². The van der Waals surface area contributed by atoms with Crippen LogP contribution in [0.1, 0.15) is 62.0 Å². The largest absolute Gasteiger partial charge is 0.497 e. The number of rotatable bonds is 22. The van der Waals surface area contributed by atoms with Gasteiger partial charge in [-0.3, -0.25) is 20.4 Å². The number of allylic oxidation sites excluding steroid dienone is 1. The van der Waals surface area contributed by atoms with Gasteiger partial charge >= 0.3 is 6.09 Å². The Labute approximate surface area is 418 Å². The molecule has 4 aromatic carbocycles. The maximum absolute atomic E-state index is 15.3. The smallest absolute Gasteiger partial charge is 0.417 e. The molecule has 3 aliphatic rings. The molecule has 0 saturated heterocycles. The number of oxime groups is 1. The molecular formula is C53H59N5O13S. The number of non-ortho nitro benzene ring substituents is 1. The van der Waals surface area contributed by atoms with Crippen LogP contribution in [0.15, 0.2) is 132 Å². The maximum atomic E-state index is 15.3. The minimum atomic E-state index is -4.41. The third-order valence-electron chi connectivity index (χ3n) is 13.7. The molecule has 18 nitrogen and oxygen atoms in total. The summed E-state index contributed by atoms with van der Waals surface area (Å²) in [5, 5.41) is 39.6. The summed E-state index contributed by atoms with van der Waals surface area (Å²) in [5.74, 6) is -1.90. The average molecular weight is 1010 g/mol. The summed E-state index contributed by atoms with van der Waals surface area (Å²) in [7, 11) is 0.0787. The number of sulfonamides is 1. The Morgan fingerprint density at radius 2 is 1.74 bits per heavy atom. The molecule has 380 valence electrons. The number of ether oxygens (including phenoxy) is 5. The van der Waals surface area contributed by atoms with Crippen LogP contribution in [0.4, 0.5) is 16.2 Å². The fraction of sp³-hybridized carbons (Fsp3) is 0.377. The highest BCUT2D eigenvalue weighted by atomic mass is 32.2. The van der Waals surface area contributed by atoms with Crippen LogP contribution in [0.25, 0.3) is 10.9 Å². The molecule has 1 fully saturated rings. The van der Waals surface area contributed by atoms with Crippen LogP contribution in [0.3, 0.4) is 0 Å². The topological polar surface area (TPSA) is 231 Å². The number of nitrogens with zero attached hydrogens (tertiary/aromatic N) is 4. The van der Waals surface area contributed by atoms with Crippen molar-refractivity contribution in [3.8, 4) is 23.0 Å². The van der Waals surface area contributed by atoms with Crippen LogP contribution in [-0.2, 0) is 26.2 Å². The van der Waals surface area contributed by atoms with Crippen molar-refractivity contribution < 1.29 is 56.9 Å². The number of fused-ring (bicyclic) bond motifs is 3. The van der Waals surface area contributed by atoms with Crippen molar-refractivity contribution in [1.82, 2.24) is 9.29 Å². The zero-order valence-corrected chi connectivity index (χ0v) is 41.2. The highest BCUT2D eigenvalue weighted by Gasteiger charge is 2.66. The van der Waals surface area contributed by atoms with E-state index in [1.807, 2.05) is 0 Å². The third kappa shape index (κ3) is 10.5. The van der Waals surface area contributed by atoms with Crippen LogP contribution in [-0.4, -0.2) is 97.6 Å². The number of nitrogens with one attached hydrogen (secondary N) is 1. The summed E-state index contributed by atoms with van der Waals surface area (Å²) in [6.07, 6.45) is 8.14. The number of carbonyl (C=O) groups is 1. The predicted molar refractivity (Wildman–Crippen MR) is 269 cm³/mol. The first-order valence-electron chi connectivity index (χ1n) is 23.8. The van der Waals surface area contributed by atoms with Gasteiger partial charge in [0.25, 0.3) is 5.69 Å². The van der Waals surface area contributed by atoms with Crippen LogP contribution < -0.4 is 24.3 Å². The van der Waals surface area contributed by atoms with E-state index in [0.717, 1.165) is 0 Å². The van der Waals surface area contributed by atoms with Gasteiger partial charge in [0.2, 0.25) is 15.8 Å². The molecule has 72 heavy (non-hydrogen) atoms. The summed E-state index contributed by atoms with van der Waals surface area (Å²) < 4.78 is 62.9. The number of aliphatic hydroxyl groups is 2. The van der Waals surface area contributed by atoms with E-state index in [9.17, 15) is 25.1 Å². The van der Waals surface area contributed by atoms with Crippen LogP contribution in [0.5, 0.6) is 23.0 Å². The lowest BCUT2D eigenvalue weighted by Crippen LogP contribution is -2.69. The molecule has 19 heteroatoms. The zero-order valence-electron chi connectivity index (χ0n) is 40.3. The number of likely N-dealkylation sites (N-methyl/N-ethyl adjacent to an activating group) is 1. The number of aromatic nitrogens is 1. The second-order valence-electron chi connectivity index (χ2n) is 17.9. The lowest BCUT2D eigenvalue weighted by molar-refractivity contribution is -0.384. The van der Waals surface area contributed by atoms with Gasteiger partial charge in [-0.1, -0.05) is 48.3 Å². The van der Waals surface area contributed by atoms with E-state index >= 15 is 8.42 Å². The molecule has 0 bridgehead atoms. The van der Waals surface area contributed by atoms with Crippen molar-refractivity contribution >= 4 is 44.1 Å². The number of methoxy groups -OCH3 is 2. The molecule has 0 radical (unpaired) electrons. The summed E-state index contributed by atoms with van der Waals surface area (Å²) in [4.78, 5) is 35.2. The summed E-state index contributed by atoms with van der Waals surface area (Å²) in [5.41, 5.74) is 2.97. The van der Waals surface area contributed by atoms with Crippen LogP contribution in [0.2, 0.25) is 0 Å². The molecule has 1 aliphatic heterocycles. The first-order valence-corrected chi connectivity index (χ1v) is 25.3. The van der Waals surface area contributed by atoms with E-state index in [1.165, 1.54) is 43.8 Å². The van der Waals surface area contributed by atoms with Crippen molar-refractivity contribution in [2.45, 2.75) is 74.2 Å². The van der Waals surface area contributed by atoms with Gasteiger partial charge in [0.1, 0.15) is 34.5 Å². The van der Waals surface area contributed by atoms with E-state index in [4.69, 9.17) is 33.7 Å². The number of hydrogen-bond acceptors (Lipinski definition) is 15. The zero-order chi connectivity index (χ0) is 51.0. The molecule has 0 unspecified atom stereocenters. The van der Waals surface area contributed by atoms with Crippen molar-refractivity contribution in [3.05, 3.63) is 143 Å². The first kappa shape index (κ1) is 51.5. The van der Waals surface area contributed by atoms with Gasteiger partial charge in [0.05, 0.1) is 54.6 Å². The number of para-hydroxylation sites is 1. The summed E-state index contributed by atoms with van der Waals surface area (Å²) in [6.45, 7) is 3.85. The van der Waals surface area contributed by atoms with Gasteiger partial charge < -0.3 is 38.7 Å². The first-order chi connectivity index (χ1) is 34.9. The fourth-order valence-corrected chi connectivity index (χ4v) is 11.9. The molecule has 1 aromatic heterocycles. The van der Waals surface area contributed by atoms with Gasteiger partial charge in [-0.05, 0) is 103 Å². The number of amides is 1. The Bertz CT molecular complexity index is 2940. The predicted octanol–water partition coefficient (Wildman–Crippen LogP) is 8.93. The molecule has 6 atom stereocenters. The molecule has 1 amide bonds. The quantitative estimate of drug-likeness (QED) is 0.0254. The SMILES string of the molecule is C=CCO[C@@]12Oc3ccc(OC(=O)Nc4ccc(OC)cc4OC)cc3[C@H]3[C@H](CCCCO)[C@@H](CCCCO)C=C(C(=NOCc4ccc([N+](=O)[O-])cc4)C[C@@H]1N(C)S(=O)(=O)c1cccc4cccnc14)[C@H]32. The Kier molecular flexibility index (Phi) is 16.2. The number of carbonyl (C=O) groups excluding carboxylic acids is 1. The van der Waals surface area contributed by atoms with Crippen molar-refractivity contribution in [3.63, 3.8) is 0 Å². The van der Waals surface area contributed by atoms with E-state index in [-0.39, 0.29) is 66.5 Å². The Morgan fingerprint density at radius 1 is 0.986 bits per heavy atom. The molecule has 2 heterocycles. The minimum Gasteiger partial charge on any atom is -0.497 e. The number of aliphatic hydroxyl groups excluding tert-OH is 2. The molecule has 1 saturated carbocycles. The Hall–Kier alpha value is -6.90. The van der Waals surface area contributed by atoms with Gasteiger partial charge in [0, 0.05) is 67.9 Å². The summed E-state index contributed by atoms with van der Waals surface area (Å²) in [6, 6.07) is 23.3. The van der Waals surface area contributed by atoms with Crippen molar-refractivity contribution in [1.29, 1.82) is 0 Å². The van der Waals surface area contributed by atoms with Crippen LogP contribution in [0, 0.1) is 27.9 Å². The third-order valence-corrected chi connectivity index (χ3v) is 15.6. The fourth-order valence-electron chi connectivity index (χ4n) is 10.4.